The van der Waals surface area contributed by atoms with Crippen LogP contribution in [-0.2, 0) is 4.74 Å². The lowest BCUT2D eigenvalue weighted by Gasteiger charge is -2.22. The van der Waals surface area contributed by atoms with Crippen molar-refractivity contribution in [2.24, 2.45) is 5.92 Å². The first-order valence-electron chi connectivity index (χ1n) is 13.5. The van der Waals surface area contributed by atoms with Gasteiger partial charge < -0.3 is 9.64 Å². The van der Waals surface area contributed by atoms with E-state index in [1.165, 1.54) is 36.0 Å². The smallest absolute Gasteiger partial charge is 0.164 e. The van der Waals surface area contributed by atoms with Crippen molar-refractivity contribution in [2.45, 2.75) is 32.5 Å². The molecule has 3 heterocycles. The fourth-order valence-corrected chi connectivity index (χ4v) is 7.28. The first-order chi connectivity index (χ1) is 20.1. The lowest BCUT2D eigenvalue weighted by Crippen LogP contribution is -2.27. The van der Waals surface area contributed by atoms with Crippen molar-refractivity contribution in [2.75, 3.05) is 14.1 Å². The Bertz CT molecular complexity index is 1910. The van der Waals surface area contributed by atoms with Crippen molar-refractivity contribution in [3.8, 4) is 18.2 Å². The molecule has 1 unspecified atom stereocenters. The number of allylic oxidation sites excluding steroid dienone is 4. The summed E-state index contributed by atoms with van der Waals surface area (Å²) in [5.41, 5.74) is 2.54. The van der Waals surface area contributed by atoms with Gasteiger partial charge in [-0.25, -0.2) is 0 Å². The number of rotatable bonds is 7. The molecule has 2 aromatic carbocycles. The molecule has 0 saturated carbocycles. The molecule has 0 aliphatic carbocycles. The minimum absolute atomic E-state index is 0.343. The quantitative estimate of drug-likeness (QED) is 0.202. The van der Waals surface area contributed by atoms with Crippen molar-refractivity contribution in [3.05, 3.63) is 93.9 Å². The summed E-state index contributed by atoms with van der Waals surface area (Å²) in [7, 11) is 4.02. The van der Waals surface area contributed by atoms with Crippen molar-refractivity contribution < 1.29 is 4.74 Å². The molecule has 5 nitrogen and oxygen atoms in total. The fraction of sp³-hybridized carbons (Fsp3) is 0.229. The van der Waals surface area contributed by atoms with Crippen LogP contribution in [0.3, 0.4) is 0 Å². The Labute approximate surface area is 254 Å². The van der Waals surface area contributed by atoms with E-state index in [2.05, 4.69) is 68.1 Å². The minimum atomic E-state index is -1.03. The summed E-state index contributed by atoms with van der Waals surface area (Å²) in [6.07, 6.45) is 9.14. The summed E-state index contributed by atoms with van der Waals surface area (Å²) in [4.78, 5) is 4.34. The number of hydrogen-bond acceptors (Lipinski definition) is 7. The van der Waals surface area contributed by atoms with Crippen LogP contribution in [0.5, 0.6) is 0 Å². The summed E-state index contributed by atoms with van der Waals surface area (Å²) < 4.78 is 8.43. The molecule has 208 valence electrons. The Morgan fingerprint density at radius 3 is 2.17 bits per heavy atom. The topological polar surface area (TPSA) is 83.8 Å². The minimum Gasteiger partial charge on any atom is -0.378 e. The fourth-order valence-electron chi connectivity index (χ4n) is 5.21. The third-order valence-corrected chi connectivity index (χ3v) is 9.80. The van der Waals surface area contributed by atoms with Crippen LogP contribution in [0.1, 0.15) is 30.5 Å². The van der Waals surface area contributed by atoms with Crippen molar-refractivity contribution in [1.29, 1.82) is 15.8 Å². The number of hydrogen-bond donors (Lipinski definition) is 0. The molecule has 1 atom stereocenters. The van der Waals surface area contributed by atoms with E-state index in [9.17, 15) is 15.8 Å². The van der Waals surface area contributed by atoms with Gasteiger partial charge in [0.1, 0.15) is 6.10 Å². The standard InChI is InChI=1S/C35H30N4OS2/c1-7-27(39(5)6)9-8-21(2)31-17-25-13-23-15-32-24(12-22(23)16-33(25)42-31)14-28(41-32)10-11-30-29(20-38)34(26(18-36)19-37)40-35(30,3)4/h7-17,26,34H,1H2,2-6H3/b11-10+,21-8+,27-9+. The van der Waals surface area contributed by atoms with E-state index in [1.807, 2.05) is 63.2 Å². The molecule has 0 saturated heterocycles. The molecular formula is C35H30N4OS2. The molecule has 0 amide bonds. The number of nitrogens with zero attached hydrogens (tertiary/aromatic N) is 4. The molecule has 0 spiro atoms. The van der Waals surface area contributed by atoms with Crippen LogP contribution in [-0.4, -0.2) is 30.7 Å². The zero-order valence-electron chi connectivity index (χ0n) is 24.2. The Kier molecular flexibility index (Phi) is 7.91. The number of likely N-dealkylation sites (N-methyl/N-ethyl adjacent to an activating group) is 1. The van der Waals surface area contributed by atoms with Gasteiger partial charge in [-0.3, -0.25) is 0 Å². The first-order valence-corrected chi connectivity index (χ1v) is 15.1. The molecule has 0 bridgehead atoms. The van der Waals surface area contributed by atoms with Gasteiger partial charge in [0.25, 0.3) is 0 Å². The molecule has 0 N–H and O–H groups in total. The predicted molar refractivity (Wildman–Crippen MR) is 176 cm³/mol. The number of benzene rings is 2. The predicted octanol–water partition coefficient (Wildman–Crippen LogP) is 8.98. The third-order valence-electron chi connectivity index (χ3n) is 7.51. The third kappa shape index (κ3) is 5.41. The molecule has 1 aliphatic rings. The summed E-state index contributed by atoms with van der Waals surface area (Å²) in [6.45, 7) is 9.77. The maximum Gasteiger partial charge on any atom is 0.164 e. The van der Waals surface area contributed by atoms with Crippen molar-refractivity contribution in [3.63, 3.8) is 0 Å². The molecule has 1 aliphatic heterocycles. The maximum atomic E-state index is 9.84. The zero-order valence-corrected chi connectivity index (χ0v) is 25.9. The van der Waals surface area contributed by atoms with Crippen LogP contribution < -0.4 is 0 Å². The van der Waals surface area contributed by atoms with E-state index in [-0.39, 0.29) is 0 Å². The van der Waals surface area contributed by atoms with Gasteiger partial charge in [-0.1, -0.05) is 18.7 Å². The van der Waals surface area contributed by atoms with E-state index in [1.54, 1.807) is 22.7 Å². The second-order valence-corrected chi connectivity index (χ2v) is 13.2. The van der Waals surface area contributed by atoms with Gasteiger partial charge in [0, 0.05) is 38.9 Å². The summed E-state index contributed by atoms with van der Waals surface area (Å²) >= 11 is 3.49. The van der Waals surface area contributed by atoms with Crippen LogP contribution in [0.4, 0.5) is 0 Å². The Morgan fingerprint density at radius 1 is 0.929 bits per heavy atom. The number of ether oxygens (including phenoxy) is 1. The van der Waals surface area contributed by atoms with Gasteiger partial charge in [0.2, 0.25) is 0 Å². The summed E-state index contributed by atoms with van der Waals surface area (Å²) in [5.74, 6) is -1.03. The van der Waals surface area contributed by atoms with Gasteiger partial charge >= 0.3 is 0 Å². The highest BCUT2D eigenvalue weighted by atomic mass is 32.1. The number of nitriles is 3. The highest BCUT2D eigenvalue weighted by Gasteiger charge is 2.43. The maximum absolute atomic E-state index is 9.84. The molecule has 5 rings (SSSR count). The summed E-state index contributed by atoms with van der Waals surface area (Å²) in [6, 6.07) is 19.5. The van der Waals surface area contributed by atoms with E-state index in [0.717, 1.165) is 16.0 Å². The number of thiophene rings is 2. The number of fused-ring (bicyclic) bond motifs is 3. The molecule has 7 heteroatoms. The van der Waals surface area contributed by atoms with Gasteiger partial charge in [0.05, 0.1) is 29.4 Å². The molecule has 42 heavy (non-hydrogen) atoms. The van der Waals surface area contributed by atoms with Crippen LogP contribution in [0, 0.1) is 39.9 Å². The van der Waals surface area contributed by atoms with E-state index in [0.29, 0.717) is 11.1 Å². The Balaban J connectivity index is 1.48. The van der Waals surface area contributed by atoms with Crippen LogP contribution in [0.15, 0.2) is 84.1 Å². The highest BCUT2D eigenvalue weighted by molar-refractivity contribution is 7.20. The lowest BCUT2D eigenvalue weighted by molar-refractivity contribution is -0.0123. The zero-order chi connectivity index (χ0) is 30.2. The van der Waals surface area contributed by atoms with Crippen molar-refractivity contribution >= 4 is 65.3 Å². The molecule has 2 aromatic heterocycles. The Morgan fingerprint density at radius 2 is 1.57 bits per heavy atom. The molecule has 4 aromatic rings. The molecule has 0 fully saturated rings. The van der Waals surface area contributed by atoms with Gasteiger partial charge in [-0.15, -0.1) is 22.7 Å². The van der Waals surface area contributed by atoms with Gasteiger partial charge in [0.15, 0.2) is 5.92 Å². The van der Waals surface area contributed by atoms with Crippen LogP contribution in [0.2, 0.25) is 0 Å². The molecule has 0 radical (unpaired) electrons. The second-order valence-electron chi connectivity index (χ2n) is 11.0. The van der Waals surface area contributed by atoms with Crippen molar-refractivity contribution in [1.82, 2.24) is 4.90 Å². The highest BCUT2D eigenvalue weighted by Crippen LogP contribution is 2.41. The normalized spacial score (nSPS) is 17.4. The lowest BCUT2D eigenvalue weighted by atomic mass is 9.91. The average molecular weight is 587 g/mol. The van der Waals surface area contributed by atoms with E-state index in [4.69, 9.17) is 4.74 Å². The van der Waals surface area contributed by atoms with Gasteiger partial charge in [-0.05, 0) is 108 Å². The van der Waals surface area contributed by atoms with Crippen LogP contribution in [0.25, 0.3) is 42.6 Å². The second kappa shape index (κ2) is 11.4. The monoisotopic (exact) mass is 586 g/mol. The average Bonchev–Trinajstić information content (AvgIpc) is 3.62. The van der Waals surface area contributed by atoms with Crippen LogP contribution >= 0.6 is 22.7 Å². The first kappa shape index (κ1) is 29.1. The van der Waals surface area contributed by atoms with E-state index >= 15 is 0 Å². The largest absolute Gasteiger partial charge is 0.378 e. The molecular weight excluding hydrogens is 557 g/mol. The Hall–Kier alpha value is -4.45. The summed E-state index contributed by atoms with van der Waals surface area (Å²) in [5, 5.41) is 33.4. The van der Waals surface area contributed by atoms with Gasteiger partial charge in [-0.2, -0.15) is 15.8 Å². The van der Waals surface area contributed by atoms with E-state index < -0.39 is 17.6 Å². The SMILES string of the molecule is C=C/C(=C\C=C(/C)c1cc2cc3cc4sc(/C=C/C5=C(C#N)C(C(C#N)C#N)OC5(C)C)cc4cc3cc2s1)N(C)C.